The lowest BCUT2D eigenvalue weighted by Crippen LogP contribution is -2.31. The molecule has 0 saturated heterocycles. The zero-order valence-electron chi connectivity index (χ0n) is 21.7. The Morgan fingerprint density at radius 3 is 2.32 bits per heavy atom. The maximum absolute atomic E-state index is 6.12. The lowest BCUT2D eigenvalue weighted by molar-refractivity contribution is 0.210. The molecule has 2 rings (SSSR count). The van der Waals surface area contributed by atoms with Crippen molar-refractivity contribution in [1.82, 2.24) is 4.90 Å². The van der Waals surface area contributed by atoms with E-state index in [4.69, 9.17) is 14.3 Å². The number of allylic oxidation sites excluding steroid dienone is 1. The van der Waals surface area contributed by atoms with E-state index >= 15 is 0 Å². The van der Waals surface area contributed by atoms with Crippen LogP contribution >= 0.6 is 0 Å². The van der Waals surface area contributed by atoms with Crippen LogP contribution in [0.3, 0.4) is 0 Å². The molecular formula is C29H42N2O3. The van der Waals surface area contributed by atoms with Gasteiger partial charge in [0.05, 0.1) is 6.61 Å². The van der Waals surface area contributed by atoms with Crippen LogP contribution in [0.5, 0.6) is 11.5 Å². The van der Waals surface area contributed by atoms with Gasteiger partial charge in [-0.1, -0.05) is 67.4 Å². The molecule has 0 spiro atoms. The molecule has 0 fully saturated rings. The fraction of sp³-hybridized carbons (Fsp3) is 0.483. The quantitative estimate of drug-likeness (QED) is 0.121. The molecule has 0 saturated carbocycles. The Bertz CT molecular complexity index is 870. The zero-order chi connectivity index (χ0) is 24.6. The summed E-state index contributed by atoms with van der Waals surface area (Å²) < 4.78 is 11.9. The molecule has 0 N–H and O–H groups in total. The Morgan fingerprint density at radius 1 is 0.971 bits per heavy atom. The van der Waals surface area contributed by atoms with Crippen molar-refractivity contribution in [3.63, 3.8) is 0 Å². The van der Waals surface area contributed by atoms with Gasteiger partial charge in [-0.2, -0.15) is 0 Å². The Hall–Kier alpha value is -2.79. The summed E-state index contributed by atoms with van der Waals surface area (Å²) in [6, 6.07) is 14.4. The largest absolute Gasteiger partial charge is 0.493 e. The highest BCUT2D eigenvalue weighted by atomic mass is 16.6. The van der Waals surface area contributed by atoms with Crippen LogP contribution in [-0.2, 0) is 4.84 Å². The highest BCUT2D eigenvalue weighted by Gasteiger charge is 2.11. The van der Waals surface area contributed by atoms with Gasteiger partial charge in [0, 0.05) is 12.1 Å². The standard InChI is InChI=1S/C29H42N2O3/c1-6-8-19-33-27-21-24(3)29(25(4)22-27)34-20-15-10-9-14-18-31(7-2)23-28(30-32-5)26-16-12-11-13-17-26/h6,8,11-13,16-17,21-22H,7,9-10,14-15,18-20,23H2,1-5H3/b8-6+,30-28?. The fourth-order valence-corrected chi connectivity index (χ4v) is 3.90. The molecular weight excluding hydrogens is 424 g/mol. The smallest absolute Gasteiger partial charge is 0.125 e. The van der Waals surface area contributed by atoms with Gasteiger partial charge in [-0.05, 0) is 70.0 Å². The Morgan fingerprint density at radius 2 is 1.68 bits per heavy atom. The summed E-state index contributed by atoms with van der Waals surface area (Å²) in [6.45, 7) is 12.5. The molecule has 0 aliphatic rings. The molecule has 0 heterocycles. The lowest BCUT2D eigenvalue weighted by atomic mass is 10.1. The summed E-state index contributed by atoms with van der Waals surface area (Å²) in [5.74, 6) is 1.88. The predicted octanol–water partition coefficient (Wildman–Crippen LogP) is 6.57. The van der Waals surface area contributed by atoms with E-state index in [0.717, 1.165) is 73.0 Å². The van der Waals surface area contributed by atoms with Crippen molar-refractivity contribution in [2.75, 3.05) is 40.0 Å². The van der Waals surface area contributed by atoms with Gasteiger partial charge in [0.1, 0.15) is 30.9 Å². The van der Waals surface area contributed by atoms with Crippen molar-refractivity contribution in [3.8, 4) is 11.5 Å². The Kier molecular flexibility index (Phi) is 12.9. The van der Waals surface area contributed by atoms with E-state index in [1.807, 2.05) is 37.3 Å². The van der Waals surface area contributed by atoms with Crippen LogP contribution in [0.1, 0.15) is 56.2 Å². The lowest BCUT2D eigenvalue weighted by Gasteiger charge is -2.21. The van der Waals surface area contributed by atoms with Gasteiger partial charge in [-0.15, -0.1) is 0 Å². The van der Waals surface area contributed by atoms with Gasteiger partial charge in [-0.3, -0.25) is 4.90 Å². The van der Waals surface area contributed by atoms with Crippen molar-refractivity contribution in [2.24, 2.45) is 5.16 Å². The number of likely N-dealkylation sites (N-methyl/N-ethyl adjacent to an activating group) is 1. The second-order valence-electron chi connectivity index (χ2n) is 8.48. The number of aryl methyl sites for hydroxylation is 2. The minimum atomic E-state index is 0.595. The summed E-state index contributed by atoms with van der Waals surface area (Å²) >= 11 is 0. The molecule has 34 heavy (non-hydrogen) atoms. The number of rotatable bonds is 16. The molecule has 0 unspecified atom stereocenters. The van der Waals surface area contributed by atoms with Crippen molar-refractivity contribution in [1.29, 1.82) is 0 Å². The van der Waals surface area contributed by atoms with Gasteiger partial charge < -0.3 is 14.3 Å². The summed E-state index contributed by atoms with van der Waals surface area (Å²) in [6.07, 6.45) is 8.58. The minimum absolute atomic E-state index is 0.595. The summed E-state index contributed by atoms with van der Waals surface area (Å²) in [5.41, 5.74) is 4.34. The Labute approximate surface area is 206 Å². The summed E-state index contributed by atoms with van der Waals surface area (Å²) in [7, 11) is 1.61. The summed E-state index contributed by atoms with van der Waals surface area (Å²) in [4.78, 5) is 7.52. The molecule has 0 atom stereocenters. The number of hydrogen-bond acceptors (Lipinski definition) is 5. The molecule has 0 aliphatic heterocycles. The van der Waals surface area contributed by atoms with E-state index in [0.29, 0.717) is 6.61 Å². The van der Waals surface area contributed by atoms with Crippen LogP contribution < -0.4 is 9.47 Å². The average molecular weight is 467 g/mol. The van der Waals surface area contributed by atoms with Gasteiger partial charge in [-0.25, -0.2) is 0 Å². The number of benzene rings is 2. The molecule has 0 aliphatic carbocycles. The number of unbranched alkanes of at least 4 members (excludes halogenated alkanes) is 3. The van der Waals surface area contributed by atoms with E-state index in [2.05, 4.69) is 55.1 Å². The second-order valence-corrected chi connectivity index (χ2v) is 8.48. The van der Waals surface area contributed by atoms with E-state index in [1.165, 1.54) is 12.8 Å². The summed E-state index contributed by atoms with van der Waals surface area (Å²) in [5, 5.41) is 4.27. The first kappa shape index (κ1) is 27.5. The molecule has 0 amide bonds. The normalized spacial score (nSPS) is 11.9. The molecule has 186 valence electrons. The number of nitrogens with zero attached hydrogens (tertiary/aromatic N) is 2. The zero-order valence-corrected chi connectivity index (χ0v) is 21.7. The third-order valence-corrected chi connectivity index (χ3v) is 5.76. The molecule has 0 radical (unpaired) electrons. The number of oxime groups is 1. The highest BCUT2D eigenvalue weighted by molar-refractivity contribution is 6.01. The van der Waals surface area contributed by atoms with Crippen LogP contribution in [0.15, 0.2) is 59.8 Å². The molecule has 0 bridgehead atoms. The topological polar surface area (TPSA) is 43.3 Å². The minimum Gasteiger partial charge on any atom is -0.493 e. The van der Waals surface area contributed by atoms with Crippen LogP contribution in [0, 0.1) is 13.8 Å². The predicted molar refractivity (Wildman–Crippen MR) is 142 cm³/mol. The molecule has 0 aromatic heterocycles. The number of ether oxygens (including phenoxy) is 2. The van der Waals surface area contributed by atoms with Crippen molar-refractivity contribution >= 4 is 5.71 Å². The molecule has 5 nitrogen and oxygen atoms in total. The third kappa shape index (κ3) is 9.60. The fourth-order valence-electron chi connectivity index (χ4n) is 3.90. The first-order valence-corrected chi connectivity index (χ1v) is 12.4. The van der Waals surface area contributed by atoms with E-state index in [9.17, 15) is 0 Å². The van der Waals surface area contributed by atoms with Crippen LogP contribution in [0.4, 0.5) is 0 Å². The maximum atomic E-state index is 6.12. The van der Waals surface area contributed by atoms with E-state index in [1.54, 1.807) is 7.11 Å². The monoisotopic (exact) mass is 466 g/mol. The van der Waals surface area contributed by atoms with Crippen LogP contribution in [0.25, 0.3) is 0 Å². The molecule has 5 heteroatoms. The highest BCUT2D eigenvalue weighted by Crippen LogP contribution is 2.28. The maximum Gasteiger partial charge on any atom is 0.125 e. The van der Waals surface area contributed by atoms with Crippen molar-refractivity contribution < 1.29 is 14.3 Å². The third-order valence-electron chi connectivity index (χ3n) is 5.76. The van der Waals surface area contributed by atoms with Gasteiger partial charge in [0.2, 0.25) is 0 Å². The SMILES string of the molecule is C/C=C/COc1cc(C)c(OCCCCCCN(CC)CC(=NOC)c2ccccc2)c(C)c1. The average Bonchev–Trinajstić information content (AvgIpc) is 2.84. The second kappa shape index (κ2) is 15.9. The van der Waals surface area contributed by atoms with E-state index in [-0.39, 0.29) is 0 Å². The van der Waals surface area contributed by atoms with Crippen LogP contribution in [0.2, 0.25) is 0 Å². The van der Waals surface area contributed by atoms with Crippen molar-refractivity contribution in [3.05, 3.63) is 71.3 Å². The Balaban J connectivity index is 1.70. The number of hydrogen-bond donors (Lipinski definition) is 0. The van der Waals surface area contributed by atoms with Gasteiger partial charge in [0.15, 0.2) is 0 Å². The van der Waals surface area contributed by atoms with E-state index < -0.39 is 0 Å². The first-order valence-electron chi connectivity index (χ1n) is 12.4. The first-order chi connectivity index (χ1) is 16.6. The van der Waals surface area contributed by atoms with Crippen molar-refractivity contribution in [2.45, 2.75) is 53.4 Å². The molecule has 2 aromatic rings. The van der Waals surface area contributed by atoms with Gasteiger partial charge in [0.25, 0.3) is 0 Å². The molecule has 2 aromatic carbocycles. The van der Waals surface area contributed by atoms with Crippen LogP contribution in [-0.4, -0.2) is 50.6 Å². The van der Waals surface area contributed by atoms with Gasteiger partial charge >= 0.3 is 0 Å².